The van der Waals surface area contributed by atoms with Gasteiger partial charge in [0.15, 0.2) is 0 Å². The SMILES string of the molecule is OCC/C=C/CCC1OC=CO1. The van der Waals surface area contributed by atoms with Crippen molar-refractivity contribution in [3.05, 3.63) is 24.7 Å². The minimum absolute atomic E-state index is 0.108. The van der Waals surface area contributed by atoms with Gasteiger partial charge >= 0.3 is 0 Å². The Morgan fingerprint density at radius 1 is 1.17 bits per heavy atom. The lowest BCUT2D eigenvalue weighted by Crippen LogP contribution is -2.05. The normalized spacial score (nSPS) is 16.8. The van der Waals surface area contributed by atoms with E-state index < -0.39 is 0 Å². The van der Waals surface area contributed by atoms with Crippen LogP contribution in [-0.2, 0) is 9.47 Å². The Labute approximate surface area is 72.3 Å². The van der Waals surface area contributed by atoms with Gasteiger partial charge in [-0.15, -0.1) is 0 Å². The van der Waals surface area contributed by atoms with Crippen molar-refractivity contribution in [2.24, 2.45) is 0 Å². The smallest absolute Gasteiger partial charge is 0.239 e. The zero-order valence-corrected chi connectivity index (χ0v) is 6.98. The summed E-state index contributed by atoms with van der Waals surface area (Å²) >= 11 is 0. The number of ether oxygens (including phenoxy) is 2. The molecule has 0 fully saturated rings. The van der Waals surface area contributed by atoms with Crippen molar-refractivity contribution in [2.75, 3.05) is 6.61 Å². The van der Waals surface area contributed by atoms with Crippen LogP contribution in [0.2, 0.25) is 0 Å². The predicted molar refractivity (Wildman–Crippen MR) is 45.2 cm³/mol. The van der Waals surface area contributed by atoms with Crippen LogP contribution in [0.3, 0.4) is 0 Å². The molecular weight excluding hydrogens is 156 g/mol. The lowest BCUT2D eigenvalue weighted by atomic mass is 10.2. The number of hydrogen-bond donors (Lipinski definition) is 1. The van der Waals surface area contributed by atoms with E-state index in [1.54, 1.807) is 12.5 Å². The highest BCUT2D eigenvalue weighted by atomic mass is 16.7. The summed E-state index contributed by atoms with van der Waals surface area (Å²) in [6.45, 7) is 0.217. The molecule has 0 saturated heterocycles. The molecule has 1 rings (SSSR count). The highest BCUT2D eigenvalue weighted by molar-refractivity contribution is 4.82. The highest BCUT2D eigenvalue weighted by Gasteiger charge is 2.09. The topological polar surface area (TPSA) is 38.7 Å². The maximum atomic E-state index is 8.47. The lowest BCUT2D eigenvalue weighted by Gasteiger charge is -2.07. The second kappa shape index (κ2) is 5.66. The van der Waals surface area contributed by atoms with Gasteiger partial charge in [-0.05, 0) is 12.8 Å². The first-order valence-corrected chi connectivity index (χ1v) is 4.15. The molecule has 0 radical (unpaired) electrons. The van der Waals surface area contributed by atoms with E-state index in [1.165, 1.54) is 0 Å². The van der Waals surface area contributed by atoms with E-state index in [2.05, 4.69) is 0 Å². The maximum Gasteiger partial charge on any atom is 0.239 e. The van der Waals surface area contributed by atoms with E-state index in [4.69, 9.17) is 14.6 Å². The summed E-state index contributed by atoms with van der Waals surface area (Å²) in [4.78, 5) is 0. The molecule has 1 N–H and O–H groups in total. The summed E-state index contributed by atoms with van der Waals surface area (Å²) < 4.78 is 10.1. The van der Waals surface area contributed by atoms with Gasteiger partial charge in [0.1, 0.15) is 12.5 Å². The van der Waals surface area contributed by atoms with E-state index in [0.717, 1.165) is 19.3 Å². The van der Waals surface area contributed by atoms with Crippen molar-refractivity contribution in [3.8, 4) is 0 Å². The van der Waals surface area contributed by atoms with Crippen LogP contribution in [0.15, 0.2) is 24.7 Å². The van der Waals surface area contributed by atoms with Crippen molar-refractivity contribution in [3.63, 3.8) is 0 Å². The largest absolute Gasteiger partial charge is 0.459 e. The van der Waals surface area contributed by atoms with Crippen LogP contribution < -0.4 is 0 Å². The van der Waals surface area contributed by atoms with Crippen molar-refractivity contribution in [1.82, 2.24) is 0 Å². The fourth-order valence-electron chi connectivity index (χ4n) is 0.950. The summed E-state index contributed by atoms with van der Waals surface area (Å²) in [6, 6.07) is 0. The summed E-state index contributed by atoms with van der Waals surface area (Å²) in [5, 5.41) is 8.47. The molecule has 0 aromatic heterocycles. The molecule has 0 aromatic carbocycles. The van der Waals surface area contributed by atoms with Gasteiger partial charge in [-0.1, -0.05) is 12.2 Å². The third-order valence-electron chi connectivity index (χ3n) is 1.55. The average Bonchev–Trinajstić information content (AvgIpc) is 2.57. The molecule has 0 spiro atoms. The molecule has 1 heterocycles. The summed E-state index contributed by atoms with van der Waals surface area (Å²) in [7, 11) is 0. The van der Waals surface area contributed by atoms with Crippen LogP contribution in [0.5, 0.6) is 0 Å². The van der Waals surface area contributed by atoms with E-state index in [-0.39, 0.29) is 12.9 Å². The van der Waals surface area contributed by atoms with Gasteiger partial charge in [-0.2, -0.15) is 0 Å². The predicted octanol–water partition coefficient (Wildman–Crippen LogP) is 1.55. The molecule has 0 aromatic rings. The first-order chi connectivity index (χ1) is 5.93. The van der Waals surface area contributed by atoms with Crippen LogP contribution in [0.25, 0.3) is 0 Å². The minimum Gasteiger partial charge on any atom is -0.459 e. The molecule has 3 nitrogen and oxygen atoms in total. The number of allylic oxidation sites excluding steroid dienone is 1. The van der Waals surface area contributed by atoms with Gasteiger partial charge in [-0.3, -0.25) is 0 Å². The standard InChI is InChI=1S/C9H14O3/c10-6-4-2-1-3-5-9-11-7-8-12-9/h1-2,7-10H,3-6H2/b2-1+. The van der Waals surface area contributed by atoms with Crippen molar-refractivity contribution in [1.29, 1.82) is 0 Å². The van der Waals surface area contributed by atoms with E-state index in [9.17, 15) is 0 Å². The molecular formula is C9H14O3. The molecule has 1 aliphatic heterocycles. The van der Waals surface area contributed by atoms with Crippen molar-refractivity contribution < 1.29 is 14.6 Å². The molecule has 68 valence electrons. The molecule has 1 aliphatic rings. The van der Waals surface area contributed by atoms with Crippen LogP contribution in [-0.4, -0.2) is 18.0 Å². The van der Waals surface area contributed by atoms with Gasteiger partial charge < -0.3 is 14.6 Å². The van der Waals surface area contributed by atoms with Gasteiger partial charge in [0, 0.05) is 13.0 Å². The Kier molecular flexibility index (Phi) is 4.31. The van der Waals surface area contributed by atoms with Crippen LogP contribution >= 0.6 is 0 Å². The molecule has 0 amide bonds. The van der Waals surface area contributed by atoms with Crippen molar-refractivity contribution in [2.45, 2.75) is 25.6 Å². The van der Waals surface area contributed by atoms with Gasteiger partial charge in [0.05, 0.1) is 0 Å². The number of rotatable bonds is 5. The third kappa shape index (κ3) is 3.44. The zero-order chi connectivity index (χ0) is 8.65. The van der Waals surface area contributed by atoms with E-state index in [1.807, 2.05) is 12.2 Å². The first-order valence-electron chi connectivity index (χ1n) is 4.15. The number of aliphatic hydroxyl groups excluding tert-OH is 1. The van der Waals surface area contributed by atoms with Crippen LogP contribution in [0.4, 0.5) is 0 Å². The average molecular weight is 170 g/mol. The molecule has 12 heavy (non-hydrogen) atoms. The second-order valence-corrected chi connectivity index (χ2v) is 2.53. The van der Waals surface area contributed by atoms with Crippen molar-refractivity contribution >= 4 is 0 Å². The highest BCUT2D eigenvalue weighted by Crippen LogP contribution is 2.11. The molecule has 0 bridgehead atoms. The molecule has 0 saturated carbocycles. The molecule has 3 heteroatoms. The van der Waals surface area contributed by atoms with Gasteiger partial charge in [-0.25, -0.2) is 0 Å². The third-order valence-corrected chi connectivity index (χ3v) is 1.55. The fraction of sp³-hybridized carbons (Fsp3) is 0.556. The zero-order valence-electron chi connectivity index (χ0n) is 6.98. The minimum atomic E-state index is -0.108. The Bertz CT molecular complexity index is 155. The van der Waals surface area contributed by atoms with E-state index in [0.29, 0.717) is 0 Å². The Morgan fingerprint density at radius 3 is 2.50 bits per heavy atom. The number of hydrogen-bond acceptors (Lipinski definition) is 3. The van der Waals surface area contributed by atoms with Gasteiger partial charge in [0.2, 0.25) is 6.29 Å². The quantitative estimate of drug-likeness (QED) is 0.636. The Morgan fingerprint density at radius 2 is 1.83 bits per heavy atom. The summed E-state index contributed by atoms with van der Waals surface area (Å²) in [5.41, 5.74) is 0. The van der Waals surface area contributed by atoms with Gasteiger partial charge in [0.25, 0.3) is 0 Å². The van der Waals surface area contributed by atoms with Crippen LogP contribution in [0.1, 0.15) is 19.3 Å². The molecule has 0 aliphatic carbocycles. The summed E-state index contributed by atoms with van der Waals surface area (Å²) in [6.07, 6.45) is 9.50. The molecule has 0 atom stereocenters. The Hall–Kier alpha value is -0.960. The lowest BCUT2D eigenvalue weighted by molar-refractivity contribution is -0.0270. The summed E-state index contributed by atoms with van der Waals surface area (Å²) in [5.74, 6) is 0. The maximum absolute atomic E-state index is 8.47. The molecule has 0 unspecified atom stereocenters. The number of aliphatic hydroxyl groups is 1. The van der Waals surface area contributed by atoms with Crippen LogP contribution in [0, 0.1) is 0 Å². The fourth-order valence-corrected chi connectivity index (χ4v) is 0.950. The Balaban J connectivity index is 1.95. The van der Waals surface area contributed by atoms with E-state index >= 15 is 0 Å². The first kappa shape index (κ1) is 9.13. The monoisotopic (exact) mass is 170 g/mol. The second-order valence-electron chi connectivity index (χ2n) is 2.53.